The molecule has 2 N–H and O–H groups in total. The van der Waals surface area contributed by atoms with Crippen molar-refractivity contribution in [1.82, 2.24) is 23.8 Å². The number of fused-ring (bicyclic) bond motifs is 1. The van der Waals surface area contributed by atoms with Crippen LogP contribution in [0.15, 0.2) is 64.2 Å². The Morgan fingerprint density at radius 3 is 2.44 bits per heavy atom. The van der Waals surface area contributed by atoms with Crippen molar-refractivity contribution in [1.29, 1.82) is 0 Å². The summed E-state index contributed by atoms with van der Waals surface area (Å²) in [7, 11) is 1.80. The molecule has 1 saturated heterocycles. The molecular formula is C25H28N6O3. The molecule has 0 radical (unpaired) electrons. The van der Waals surface area contributed by atoms with Crippen LogP contribution in [0.2, 0.25) is 0 Å². The monoisotopic (exact) mass is 460 g/mol. The molecule has 0 aliphatic carbocycles. The molecule has 9 heteroatoms. The van der Waals surface area contributed by atoms with E-state index in [1.165, 1.54) is 0 Å². The van der Waals surface area contributed by atoms with Gasteiger partial charge in [-0.2, -0.15) is 0 Å². The van der Waals surface area contributed by atoms with Gasteiger partial charge in [-0.05, 0) is 44.0 Å². The first kappa shape index (κ1) is 22.0. The summed E-state index contributed by atoms with van der Waals surface area (Å²) in [6.07, 6.45) is 1.56. The zero-order valence-corrected chi connectivity index (χ0v) is 19.3. The largest absolute Gasteiger partial charge is 0.326 e. The van der Waals surface area contributed by atoms with Gasteiger partial charge in [-0.1, -0.05) is 30.3 Å². The molecule has 0 unspecified atom stereocenters. The molecule has 0 spiro atoms. The van der Waals surface area contributed by atoms with Crippen molar-refractivity contribution in [3.63, 3.8) is 0 Å². The predicted molar refractivity (Wildman–Crippen MR) is 132 cm³/mol. The van der Waals surface area contributed by atoms with E-state index < -0.39 is 0 Å². The molecule has 1 aliphatic heterocycles. The number of hydrogen-bond acceptors (Lipinski definition) is 4. The van der Waals surface area contributed by atoms with Crippen molar-refractivity contribution in [3.8, 4) is 5.69 Å². The number of para-hydroxylation sites is 3. The maximum atomic E-state index is 13.0. The van der Waals surface area contributed by atoms with Crippen LogP contribution in [0.1, 0.15) is 24.6 Å². The molecular weight excluding hydrogens is 432 g/mol. The highest BCUT2D eigenvalue weighted by molar-refractivity contribution is 5.92. The maximum Gasteiger partial charge on any atom is 0.326 e. The van der Waals surface area contributed by atoms with Crippen LogP contribution >= 0.6 is 0 Å². The molecule has 1 amide bonds. The minimum atomic E-state index is -0.253. The zero-order chi connectivity index (χ0) is 23.8. The normalized spacial score (nSPS) is 15.1. The topological polar surface area (TPSA) is 97.1 Å². The van der Waals surface area contributed by atoms with Gasteiger partial charge in [0.15, 0.2) is 0 Å². The summed E-state index contributed by atoms with van der Waals surface area (Å²) in [5, 5.41) is 2.83. The minimum Gasteiger partial charge on any atom is -0.319 e. The third-order valence-electron chi connectivity index (χ3n) is 6.73. The van der Waals surface area contributed by atoms with E-state index in [-0.39, 0.29) is 29.7 Å². The van der Waals surface area contributed by atoms with Crippen LogP contribution in [0, 0.1) is 6.92 Å². The summed E-state index contributed by atoms with van der Waals surface area (Å²) in [4.78, 5) is 43.3. The molecule has 2 aromatic heterocycles. The van der Waals surface area contributed by atoms with Crippen LogP contribution in [0.4, 0.5) is 5.69 Å². The quantitative estimate of drug-likeness (QED) is 0.478. The molecule has 34 heavy (non-hydrogen) atoms. The van der Waals surface area contributed by atoms with Crippen molar-refractivity contribution in [2.45, 2.75) is 25.8 Å². The van der Waals surface area contributed by atoms with Gasteiger partial charge in [0, 0.05) is 26.2 Å². The Kier molecular flexibility index (Phi) is 5.70. The summed E-state index contributed by atoms with van der Waals surface area (Å²) in [6, 6.07) is 17.2. The first-order valence-electron chi connectivity index (χ1n) is 11.5. The van der Waals surface area contributed by atoms with Gasteiger partial charge < -0.3 is 10.3 Å². The van der Waals surface area contributed by atoms with Crippen LogP contribution in [-0.2, 0) is 11.8 Å². The van der Waals surface area contributed by atoms with E-state index in [2.05, 4.69) is 15.2 Å². The summed E-state index contributed by atoms with van der Waals surface area (Å²) in [5.41, 5.74) is 3.15. The van der Waals surface area contributed by atoms with Crippen molar-refractivity contribution >= 4 is 22.6 Å². The van der Waals surface area contributed by atoms with E-state index in [0.717, 1.165) is 29.6 Å². The van der Waals surface area contributed by atoms with Crippen molar-refractivity contribution in [3.05, 3.63) is 81.1 Å². The van der Waals surface area contributed by atoms with Gasteiger partial charge in [-0.15, -0.1) is 0 Å². The number of nitrogens with zero attached hydrogens (tertiary/aromatic N) is 4. The number of amides is 1. The average molecular weight is 461 g/mol. The summed E-state index contributed by atoms with van der Waals surface area (Å²) in [6.45, 7) is 3.42. The van der Waals surface area contributed by atoms with E-state index in [4.69, 9.17) is 0 Å². The highest BCUT2D eigenvalue weighted by Crippen LogP contribution is 2.24. The SMILES string of the molecule is Cc1c(NC(=O)CN2CCC(n3c(=O)[nH]c4ccccc43)CC2)c(=O)n(-c2ccccc2)n1C. The van der Waals surface area contributed by atoms with Gasteiger partial charge in [0.1, 0.15) is 5.69 Å². The van der Waals surface area contributed by atoms with Crippen LogP contribution < -0.4 is 16.6 Å². The number of rotatable bonds is 5. The lowest BCUT2D eigenvalue weighted by Crippen LogP contribution is -2.41. The molecule has 1 fully saturated rings. The molecule has 5 rings (SSSR count). The van der Waals surface area contributed by atoms with Gasteiger partial charge in [0.2, 0.25) is 5.91 Å². The van der Waals surface area contributed by atoms with Gasteiger partial charge in [-0.3, -0.25) is 23.7 Å². The van der Waals surface area contributed by atoms with Crippen molar-refractivity contribution in [2.24, 2.45) is 7.05 Å². The number of aromatic nitrogens is 4. The van der Waals surface area contributed by atoms with E-state index >= 15 is 0 Å². The lowest BCUT2D eigenvalue weighted by atomic mass is 10.0. The van der Waals surface area contributed by atoms with Crippen LogP contribution in [0.3, 0.4) is 0 Å². The third-order valence-corrected chi connectivity index (χ3v) is 6.73. The fourth-order valence-corrected chi connectivity index (χ4v) is 4.87. The summed E-state index contributed by atoms with van der Waals surface area (Å²) in [5.74, 6) is -0.214. The number of carbonyl (C=O) groups is 1. The minimum absolute atomic E-state index is 0.0911. The Balaban J connectivity index is 1.25. The van der Waals surface area contributed by atoms with Gasteiger partial charge >= 0.3 is 5.69 Å². The average Bonchev–Trinajstić information content (AvgIpc) is 3.28. The Morgan fingerprint density at radius 1 is 1.03 bits per heavy atom. The number of aromatic amines is 1. The van der Waals surface area contributed by atoms with Gasteiger partial charge in [0.05, 0.1) is 29.0 Å². The molecule has 1 aliphatic rings. The lowest BCUT2D eigenvalue weighted by Gasteiger charge is -2.32. The predicted octanol–water partition coefficient (Wildman–Crippen LogP) is 2.40. The van der Waals surface area contributed by atoms with E-state index in [1.54, 1.807) is 16.4 Å². The highest BCUT2D eigenvalue weighted by Gasteiger charge is 2.25. The van der Waals surface area contributed by atoms with Crippen LogP contribution in [0.25, 0.3) is 16.7 Å². The van der Waals surface area contributed by atoms with E-state index in [0.29, 0.717) is 24.5 Å². The second kappa shape index (κ2) is 8.83. The van der Waals surface area contributed by atoms with Crippen LogP contribution in [-0.4, -0.2) is 49.4 Å². The molecule has 0 saturated carbocycles. The Labute approximate surface area is 196 Å². The number of H-pyrrole nitrogens is 1. The first-order valence-corrected chi connectivity index (χ1v) is 11.5. The molecule has 9 nitrogen and oxygen atoms in total. The summed E-state index contributed by atoms with van der Waals surface area (Å²) >= 11 is 0. The second-order valence-corrected chi connectivity index (χ2v) is 8.81. The first-order chi connectivity index (χ1) is 16.4. The smallest absolute Gasteiger partial charge is 0.319 e. The van der Waals surface area contributed by atoms with Crippen molar-refractivity contribution < 1.29 is 4.79 Å². The highest BCUT2D eigenvalue weighted by atomic mass is 16.2. The number of anilines is 1. The maximum absolute atomic E-state index is 13.0. The second-order valence-electron chi connectivity index (χ2n) is 8.81. The molecule has 2 aromatic carbocycles. The number of imidazole rings is 1. The number of hydrogen-bond donors (Lipinski definition) is 2. The molecule has 3 heterocycles. The third kappa shape index (κ3) is 3.88. The molecule has 0 bridgehead atoms. The fraction of sp³-hybridized carbons (Fsp3) is 0.320. The summed E-state index contributed by atoms with van der Waals surface area (Å²) < 4.78 is 5.14. The zero-order valence-electron chi connectivity index (χ0n) is 19.3. The molecule has 0 atom stereocenters. The van der Waals surface area contributed by atoms with Gasteiger partial charge in [-0.25, -0.2) is 9.48 Å². The number of likely N-dealkylation sites (tertiary alicyclic amines) is 1. The molecule has 176 valence electrons. The van der Waals surface area contributed by atoms with Gasteiger partial charge in [0.25, 0.3) is 5.56 Å². The standard InChI is InChI=1S/C25H28N6O3/c1-17-23(24(33)31(28(17)2)19-8-4-3-5-9-19)27-22(32)16-29-14-12-18(13-15-29)30-21-11-7-6-10-20(21)26-25(30)34/h3-11,18H,12-16H2,1-2H3,(H,26,34)(H,27,32). The number of carbonyl (C=O) groups excluding carboxylic acids is 1. The van der Waals surface area contributed by atoms with Crippen LogP contribution in [0.5, 0.6) is 0 Å². The molecule has 4 aromatic rings. The van der Waals surface area contributed by atoms with E-state index in [1.807, 2.05) is 66.1 Å². The van der Waals surface area contributed by atoms with Crippen molar-refractivity contribution in [2.75, 3.05) is 25.0 Å². The fourth-order valence-electron chi connectivity index (χ4n) is 4.87. The van der Waals surface area contributed by atoms with E-state index in [9.17, 15) is 14.4 Å². The Morgan fingerprint density at radius 2 is 1.71 bits per heavy atom. The number of benzene rings is 2. The lowest BCUT2D eigenvalue weighted by molar-refractivity contribution is -0.117. The number of piperidine rings is 1. The Bertz CT molecular complexity index is 1450. The number of nitrogens with one attached hydrogen (secondary N) is 2. The Hall–Kier alpha value is -3.85.